The summed E-state index contributed by atoms with van der Waals surface area (Å²) in [5.74, 6) is -0.225. The van der Waals surface area contributed by atoms with Crippen LogP contribution in [0.15, 0.2) is 58.2 Å². The fraction of sp³-hybridized carbons (Fsp3) is 0. The lowest BCUT2D eigenvalue weighted by molar-refractivity contribution is 0.0957. The zero-order chi connectivity index (χ0) is 15.5. The molecule has 0 atom stereocenters. The highest BCUT2D eigenvalue weighted by Gasteiger charge is 2.10. The van der Waals surface area contributed by atoms with Gasteiger partial charge in [-0.15, -0.1) is 0 Å². The normalized spacial score (nSPS) is 11.1. The maximum absolute atomic E-state index is 12.1. The third kappa shape index (κ3) is 2.87. The van der Waals surface area contributed by atoms with Crippen molar-refractivity contribution in [1.82, 2.24) is 10.4 Å². The summed E-state index contributed by atoms with van der Waals surface area (Å²) in [6.45, 7) is 0. The Morgan fingerprint density at radius 1 is 1.27 bits per heavy atom. The molecular weight excluding hydrogens is 346 g/mol. The van der Waals surface area contributed by atoms with Gasteiger partial charge >= 0.3 is 0 Å². The highest BCUT2D eigenvalue weighted by Crippen LogP contribution is 2.20. The van der Waals surface area contributed by atoms with Crippen LogP contribution < -0.4 is 5.43 Å². The van der Waals surface area contributed by atoms with Crippen LogP contribution >= 0.6 is 15.9 Å². The standard InChI is InChI=1S/C16H12BrN3O2/c17-11-5-6-15(21)10(7-11)8-19-20-16(22)13-9-18-14-4-2-1-3-12(13)14/h1-9,18,21H,(H,20,22). The summed E-state index contributed by atoms with van der Waals surface area (Å²) in [6, 6.07) is 12.5. The van der Waals surface area contributed by atoms with E-state index in [1.807, 2.05) is 24.3 Å². The molecule has 0 saturated heterocycles. The van der Waals surface area contributed by atoms with Crippen molar-refractivity contribution in [2.24, 2.45) is 5.10 Å². The second kappa shape index (κ2) is 6.03. The molecule has 22 heavy (non-hydrogen) atoms. The molecule has 3 aromatic rings. The van der Waals surface area contributed by atoms with Gasteiger partial charge in [-0.25, -0.2) is 5.43 Å². The number of benzene rings is 2. The molecule has 0 saturated carbocycles. The van der Waals surface area contributed by atoms with Crippen molar-refractivity contribution in [2.45, 2.75) is 0 Å². The number of phenolic OH excluding ortho intramolecular Hbond substituents is 1. The number of amides is 1. The van der Waals surface area contributed by atoms with E-state index in [1.165, 1.54) is 6.21 Å². The topological polar surface area (TPSA) is 77.5 Å². The molecule has 1 amide bonds. The first-order chi connectivity index (χ1) is 10.6. The Kier molecular flexibility index (Phi) is 3.93. The van der Waals surface area contributed by atoms with Gasteiger partial charge in [0.2, 0.25) is 0 Å². The number of phenols is 1. The third-order valence-electron chi connectivity index (χ3n) is 3.19. The van der Waals surface area contributed by atoms with Gasteiger partial charge in [0.15, 0.2) is 0 Å². The van der Waals surface area contributed by atoms with Gasteiger partial charge in [-0.1, -0.05) is 34.1 Å². The molecule has 0 aliphatic carbocycles. The first-order valence-electron chi connectivity index (χ1n) is 6.53. The van der Waals surface area contributed by atoms with Crippen LogP contribution in [0.2, 0.25) is 0 Å². The molecule has 0 unspecified atom stereocenters. The minimum Gasteiger partial charge on any atom is -0.507 e. The van der Waals surface area contributed by atoms with Crippen LogP contribution in [-0.4, -0.2) is 22.2 Å². The number of hydrazone groups is 1. The van der Waals surface area contributed by atoms with Gasteiger partial charge in [0.25, 0.3) is 5.91 Å². The van der Waals surface area contributed by atoms with E-state index in [1.54, 1.807) is 24.4 Å². The van der Waals surface area contributed by atoms with Gasteiger partial charge in [0.1, 0.15) is 5.75 Å². The van der Waals surface area contributed by atoms with Gasteiger partial charge in [0.05, 0.1) is 11.8 Å². The van der Waals surface area contributed by atoms with E-state index in [-0.39, 0.29) is 11.7 Å². The number of rotatable bonds is 3. The van der Waals surface area contributed by atoms with Crippen LogP contribution in [0.4, 0.5) is 0 Å². The lowest BCUT2D eigenvalue weighted by Crippen LogP contribution is -2.17. The smallest absolute Gasteiger partial charge is 0.273 e. The molecule has 0 radical (unpaired) electrons. The van der Waals surface area contributed by atoms with E-state index in [0.29, 0.717) is 11.1 Å². The molecule has 6 heteroatoms. The Labute approximate surface area is 134 Å². The summed E-state index contributed by atoms with van der Waals surface area (Å²) >= 11 is 3.31. The summed E-state index contributed by atoms with van der Waals surface area (Å²) in [4.78, 5) is 15.2. The first-order valence-corrected chi connectivity index (χ1v) is 7.32. The maximum Gasteiger partial charge on any atom is 0.273 e. The Balaban J connectivity index is 1.77. The number of halogens is 1. The molecular formula is C16H12BrN3O2. The molecule has 3 rings (SSSR count). The second-order valence-electron chi connectivity index (χ2n) is 4.65. The van der Waals surface area contributed by atoms with E-state index in [0.717, 1.165) is 15.4 Å². The van der Waals surface area contributed by atoms with Crippen molar-refractivity contribution in [3.05, 3.63) is 64.3 Å². The zero-order valence-electron chi connectivity index (χ0n) is 11.4. The van der Waals surface area contributed by atoms with Gasteiger partial charge < -0.3 is 10.1 Å². The van der Waals surface area contributed by atoms with Gasteiger partial charge in [-0.3, -0.25) is 4.79 Å². The van der Waals surface area contributed by atoms with Crippen LogP contribution in [-0.2, 0) is 0 Å². The second-order valence-corrected chi connectivity index (χ2v) is 5.57. The first kappa shape index (κ1) is 14.3. The van der Waals surface area contributed by atoms with Crippen molar-refractivity contribution < 1.29 is 9.90 Å². The fourth-order valence-corrected chi connectivity index (χ4v) is 2.49. The summed E-state index contributed by atoms with van der Waals surface area (Å²) in [6.07, 6.45) is 3.04. The number of nitrogens with zero attached hydrogens (tertiary/aromatic N) is 1. The lowest BCUT2D eigenvalue weighted by Gasteiger charge is -2.00. The predicted octanol–water partition coefficient (Wildman–Crippen LogP) is 3.40. The van der Waals surface area contributed by atoms with E-state index in [4.69, 9.17) is 0 Å². The van der Waals surface area contributed by atoms with Crippen LogP contribution in [0.3, 0.4) is 0 Å². The minimum absolute atomic E-state index is 0.0910. The van der Waals surface area contributed by atoms with Crippen molar-refractivity contribution in [3.63, 3.8) is 0 Å². The molecule has 2 aromatic carbocycles. The Morgan fingerprint density at radius 3 is 2.95 bits per heavy atom. The number of hydrogen-bond acceptors (Lipinski definition) is 3. The maximum atomic E-state index is 12.1. The summed E-state index contributed by atoms with van der Waals surface area (Å²) in [5, 5.41) is 14.4. The predicted molar refractivity (Wildman–Crippen MR) is 89.2 cm³/mol. The van der Waals surface area contributed by atoms with Crippen molar-refractivity contribution in [2.75, 3.05) is 0 Å². The molecule has 0 aliphatic rings. The molecule has 0 spiro atoms. The van der Waals surface area contributed by atoms with E-state index in [2.05, 4.69) is 31.4 Å². The molecule has 3 N–H and O–H groups in total. The number of carbonyl (C=O) groups is 1. The summed E-state index contributed by atoms with van der Waals surface area (Å²) in [7, 11) is 0. The number of fused-ring (bicyclic) bond motifs is 1. The largest absolute Gasteiger partial charge is 0.507 e. The fourth-order valence-electron chi connectivity index (χ4n) is 2.11. The number of aromatic amines is 1. The summed E-state index contributed by atoms with van der Waals surface area (Å²) in [5.41, 5.74) is 4.37. The molecule has 1 aromatic heterocycles. The van der Waals surface area contributed by atoms with Crippen LogP contribution in [0.1, 0.15) is 15.9 Å². The molecule has 5 nitrogen and oxygen atoms in total. The minimum atomic E-state index is -0.316. The van der Waals surface area contributed by atoms with Crippen molar-refractivity contribution in [3.8, 4) is 5.75 Å². The molecule has 0 bridgehead atoms. The van der Waals surface area contributed by atoms with Crippen LogP contribution in [0, 0.1) is 0 Å². The number of H-pyrrole nitrogens is 1. The number of hydrogen-bond donors (Lipinski definition) is 3. The van der Waals surface area contributed by atoms with Crippen LogP contribution in [0.5, 0.6) is 5.75 Å². The Morgan fingerprint density at radius 2 is 2.09 bits per heavy atom. The van der Waals surface area contributed by atoms with Gasteiger partial charge in [0, 0.05) is 27.1 Å². The Hall–Kier alpha value is -2.60. The zero-order valence-corrected chi connectivity index (χ0v) is 13.0. The van der Waals surface area contributed by atoms with Crippen molar-refractivity contribution in [1.29, 1.82) is 0 Å². The third-order valence-corrected chi connectivity index (χ3v) is 3.69. The average Bonchev–Trinajstić information content (AvgIpc) is 2.94. The number of aromatic nitrogens is 1. The van der Waals surface area contributed by atoms with Crippen molar-refractivity contribution >= 4 is 39.0 Å². The molecule has 0 fully saturated rings. The quantitative estimate of drug-likeness (QED) is 0.496. The van der Waals surface area contributed by atoms with Crippen LogP contribution in [0.25, 0.3) is 10.9 Å². The number of carbonyl (C=O) groups excluding carboxylic acids is 1. The van der Waals surface area contributed by atoms with E-state index in [9.17, 15) is 9.90 Å². The van der Waals surface area contributed by atoms with E-state index >= 15 is 0 Å². The SMILES string of the molecule is O=C(NN=Cc1cc(Br)ccc1O)c1c[nH]c2ccccc12. The number of nitrogens with one attached hydrogen (secondary N) is 2. The lowest BCUT2D eigenvalue weighted by atomic mass is 10.2. The monoisotopic (exact) mass is 357 g/mol. The van der Waals surface area contributed by atoms with Gasteiger partial charge in [-0.05, 0) is 24.3 Å². The average molecular weight is 358 g/mol. The highest BCUT2D eigenvalue weighted by atomic mass is 79.9. The Bertz CT molecular complexity index is 871. The molecule has 110 valence electrons. The number of aromatic hydroxyl groups is 1. The molecule has 0 aliphatic heterocycles. The van der Waals surface area contributed by atoms with Gasteiger partial charge in [-0.2, -0.15) is 5.10 Å². The highest BCUT2D eigenvalue weighted by molar-refractivity contribution is 9.10. The summed E-state index contributed by atoms with van der Waals surface area (Å²) < 4.78 is 0.815. The number of para-hydroxylation sites is 1. The van der Waals surface area contributed by atoms with E-state index < -0.39 is 0 Å². The molecule has 1 heterocycles.